The average molecular weight is 310 g/mol. The molecule has 0 radical (unpaired) electrons. The average Bonchev–Trinajstić information content (AvgIpc) is 2.66. The van der Waals surface area contributed by atoms with Crippen LogP contribution in [-0.4, -0.2) is 31.5 Å². The largest absolute Gasteiger partial charge is 0.336 e. The highest BCUT2D eigenvalue weighted by Crippen LogP contribution is 2.30. The van der Waals surface area contributed by atoms with Crippen molar-refractivity contribution < 1.29 is 13.2 Å². The molecule has 21 heavy (non-hydrogen) atoms. The molecule has 6 heteroatoms. The van der Waals surface area contributed by atoms with Gasteiger partial charge in [0.05, 0.1) is 11.8 Å². The van der Waals surface area contributed by atoms with Gasteiger partial charge >= 0.3 is 0 Å². The number of nitrogens with two attached hydrogens (primary N) is 1. The Labute approximate surface area is 126 Å². The third-order valence-electron chi connectivity index (χ3n) is 4.05. The number of hydrogen-bond donors (Lipinski definition) is 1. The summed E-state index contributed by atoms with van der Waals surface area (Å²) in [7, 11) is -3.54. The molecular formula is C15H22N2O3S. The van der Waals surface area contributed by atoms with Crippen molar-refractivity contribution in [2.45, 2.75) is 33.2 Å². The molecule has 0 aliphatic carbocycles. The fourth-order valence-corrected chi connectivity index (χ4v) is 3.97. The second kappa shape index (κ2) is 5.77. The van der Waals surface area contributed by atoms with Crippen LogP contribution in [0.5, 0.6) is 0 Å². The van der Waals surface area contributed by atoms with E-state index < -0.39 is 10.0 Å². The van der Waals surface area contributed by atoms with Crippen LogP contribution in [-0.2, 0) is 14.8 Å². The van der Waals surface area contributed by atoms with Gasteiger partial charge in [-0.25, -0.2) is 13.6 Å². The van der Waals surface area contributed by atoms with Crippen LogP contribution in [0.4, 0.5) is 0 Å². The fraction of sp³-hybridized carbons (Fsp3) is 0.533. The Morgan fingerprint density at radius 1 is 1.38 bits per heavy atom. The molecule has 116 valence electrons. The zero-order chi connectivity index (χ0) is 15.8. The fourth-order valence-electron chi connectivity index (χ4n) is 3.09. The molecule has 5 nitrogen and oxygen atoms in total. The van der Waals surface area contributed by atoms with E-state index in [9.17, 15) is 13.2 Å². The van der Waals surface area contributed by atoms with Gasteiger partial charge in [-0.05, 0) is 31.9 Å². The first kappa shape index (κ1) is 16.0. The van der Waals surface area contributed by atoms with Crippen molar-refractivity contribution in [3.8, 4) is 0 Å². The highest BCUT2D eigenvalue weighted by Gasteiger charge is 2.35. The van der Waals surface area contributed by atoms with Gasteiger partial charge in [-0.15, -0.1) is 0 Å². The summed E-state index contributed by atoms with van der Waals surface area (Å²) in [5.41, 5.74) is 3.43. The quantitative estimate of drug-likeness (QED) is 0.915. The summed E-state index contributed by atoms with van der Waals surface area (Å²) in [5.74, 6) is -0.341. The van der Waals surface area contributed by atoms with E-state index >= 15 is 0 Å². The van der Waals surface area contributed by atoms with Crippen LogP contribution in [0.25, 0.3) is 0 Å². The first-order valence-electron chi connectivity index (χ1n) is 7.04. The van der Waals surface area contributed by atoms with E-state index in [1.165, 1.54) is 5.56 Å². The smallest absolute Gasteiger partial charge is 0.223 e. The van der Waals surface area contributed by atoms with Crippen LogP contribution in [0.2, 0.25) is 0 Å². The second-order valence-electron chi connectivity index (χ2n) is 5.98. The van der Waals surface area contributed by atoms with Gasteiger partial charge < -0.3 is 4.90 Å². The summed E-state index contributed by atoms with van der Waals surface area (Å²) in [5, 5.41) is 5.08. The van der Waals surface area contributed by atoms with Crippen molar-refractivity contribution in [3.05, 3.63) is 34.9 Å². The monoisotopic (exact) mass is 310 g/mol. The number of sulfonamides is 1. The Hall–Kier alpha value is -1.40. The Morgan fingerprint density at radius 2 is 2.05 bits per heavy atom. The molecule has 0 spiro atoms. The minimum atomic E-state index is -3.54. The van der Waals surface area contributed by atoms with Gasteiger partial charge in [-0.3, -0.25) is 4.79 Å². The van der Waals surface area contributed by atoms with Crippen LogP contribution in [0, 0.1) is 19.8 Å². The normalized spacial score (nSPS) is 20.9. The Morgan fingerprint density at radius 3 is 2.62 bits per heavy atom. The number of rotatable bonds is 4. The number of carbonyl (C=O) groups excluding carboxylic acids is 1. The van der Waals surface area contributed by atoms with E-state index in [2.05, 4.69) is 6.07 Å². The number of nitrogens with zero attached hydrogens (tertiary/aromatic N) is 1. The second-order valence-corrected chi connectivity index (χ2v) is 7.64. The molecule has 1 fully saturated rings. The maximum Gasteiger partial charge on any atom is 0.223 e. The molecule has 1 amide bonds. The van der Waals surface area contributed by atoms with Gasteiger partial charge in [0.1, 0.15) is 0 Å². The zero-order valence-corrected chi connectivity index (χ0v) is 13.5. The summed E-state index contributed by atoms with van der Waals surface area (Å²) >= 11 is 0. The van der Waals surface area contributed by atoms with Crippen molar-refractivity contribution in [2.75, 3.05) is 12.3 Å². The highest BCUT2D eigenvalue weighted by atomic mass is 32.2. The van der Waals surface area contributed by atoms with Gasteiger partial charge in [0.2, 0.25) is 15.9 Å². The van der Waals surface area contributed by atoms with E-state index in [4.69, 9.17) is 5.14 Å². The molecule has 1 saturated heterocycles. The lowest BCUT2D eigenvalue weighted by Crippen LogP contribution is -2.30. The number of aryl methyl sites for hydroxylation is 2. The number of amides is 1. The van der Waals surface area contributed by atoms with E-state index in [0.29, 0.717) is 6.54 Å². The maximum absolute atomic E-state index is 12.2. The molecule has 1 aliphatic heterocycles. The number of hydrogen-bond acceptors (Lipinski definition) is 3. The van der Waals surface area contributed by atoms with E-state index in [0.717, 1.165) is 11.1 Å². The summed E-state index contributed by atoms with van der Waals surface area (Å²) in [6.07, 6.45) is 0.256. The molecule has 2 atom stereocenters. The van der Waals surface area contributed by atoms with Crippen molar-refractivity contribution in [1.82, 2.24) is 4.90 Å². The molecule has 2 N–H and O–H groups in total. The van der Waals surface area contributed by atoms with Gasteiger partial charge in [0.25, 0.3) is 0 Å². The molecular weight excluding hydrogens is 288 g/mol. The first-order chi connectivity index (χ1) is 9.67. The minimum absolute atomic E-state index is 0.00359. The lowest BCUT2D eigenvalue weighted by Gasteiger charge is -2.26. The van der Waals surface area contributed by atoms with Gasteiger partial charge in [0, 0.05) is 18.9 Å². The highest BCUT2D eigenvalue weighted by molar-refractivity contribution is 7.89. The first-order valence-corrected chi connectivity index (χ1v) is 8.76. The summed E-state index contributed by atoms with van der Waals surface area (Å²) in [6.45, 7) is 6.49. The molecule has 0 aromatic heterocycles. The van der Waals surface area contributed by atoms with E-state index in [1.54, 1.807) is 4.90 Å². The molecule has 2 rings (SSSR count). The summed E-state index contributed by atoms with van der Waals surface area (Å²) < 4.78 is 22.4. The molecule has 2 unspecified atom stereocenters. The standard InChI is InChI=1S/C15H22N2O3S/c1-10-4-5-14(11(2)6-10)12(3)17-8-13(7-15(17)18)9-21(16,19)20/h4-6,12-13H,7-9H2,1-3H3,(H2,16,19,20). The number of benzene rings is 1. The number of likely N-dealkylation sites (tertiary alicyclic amines) is 1. The SMILES string of the molecule is Cc1ccc(C(C)N2CC(CS(N)(=O)=O)CC2=O)c(C)c1. The van der Waals surface area contributed by atoms with Crippen molar-refractivity contribution in [3.63, 3.8) is 0 Å². The van der Waals surface area contributed by atoms with Gasteiger partial charge in [0.15, 0.2) is 0 Å². The van der Waals surface area contributed by atoms with Crippen molar-refractivity contribution in [2.24, 2.45) is 11.1 Å². The van der Waals surface area contributed by atoms with Crippen molar-refractivity contribution >= 4 is 15.9 Å². The maximum atomic E-state index is 12.2. The molecule has 1 aromatic carbocycles. The van der Waals surface area contributed by atoms with E-state index in [1.807, 2.05) is 32.9 Å². The lowest BCUT2D eigenvalue weighted by atomic mass is 9.99. The third kappa shape index (κ3) is 3.83. The molecule has 0 bridgehead atoms. The Bertz CT molecular complexity index is 655. The molecule has 1 heterocycles. The van der Waals surface area contributed by atoms with Crippen LogP contribution >= 0.6 is 0 Å². The predicted octanol–water partition coefficient (Wildman–Crippen LogP) is 1.50. The Balaban J connectivity index is 2.16. The molecule has 0 saturated carbocycles. The van der Waals surface area contributed by atoms with Crippen molar-refractivity contribution in [1.29, 1.82) is 0 Å². The third-order valence-corrected chi connectivity index (χ3v) is 4.99. The zero-order valence-electron chi connectivity index (χ0n) is 12.7. The summed E-state index contributed by atoms with van der Waals surface area (Å²) in [4.78, 5) is 13.9. The van der Waals surface area contributed by atoms with E-state index in [-0.39, 0.29) is 30.0 Å². The topological polar surface area (TPSA) is 80.5 Å². The predicted molar refractivity (Wildman–Crippen MR) is 82.1 cm³/mol. The minimum Gasteiger partial charge on any atom is -0.336 e. The van der Waals surface area contributed by atoms with Crippen LogP contribution < -0.4 is 5.14 Å². The Kier molecular flexibility index (Phi) is 4.39. The lowest BCUT2D eigenvalue weighted by molar-refractivity contribution is -0.129. The molecule has 1 aromatic rings. The number of carbonyl (C=O) groups is 1. The van der Waals surface area contributed by atoms with Gasteiger partial charge in [-0.1, -0.05) is 23.8 Å². The van der Waals surface area contributed by atoms with Crippen LogP contribution in [0.1, 0.15) is 36.1 Å². The number of primary sulfonamides is 1. The molecule has 1 aliphatic rings. The van der Waals surface area contributed by atoms with Crippen LogP contribution in [0.15, 0.2) is 18.2 Å². The van der Waals surface area contributed by atoms with Crippen LogP contribution in [0.3, 0.4) is 0 Å². The van der Waals surface area contributed by atoms with Gasteiger partial charge in [-0.2, -0.15) is 0 Å². The summed E-state index contributed by atoms with van der Waals surface area (Å²) in [6, 6.07) is 6.11.